The third-order valence-corrected chi connectivity index (χ3v) is 4.25. The van der Waals surface area contributed by atoms with E-state index in [1.807, 2.05) is 24.3 Å². The summed E-state index contributed by atoms with van der Waals surface area (Å²) >= 11 is 0. The maximum absolute atomic E-state index is 11.3. The van der Waals surface area contributed by atoms with Crippen LogP contribution >= 0.6 is 0 Å². The lowest BCUT2D eigenvalue weighted by atomic mass is 10.1. The molecule has 0 radical (unpaired) electrons. The van der Waals surface area contributed by atoms with Crippen molar-refractivity contribution in [3.05, 3.63) is 35.7 Å². The van der Waals surface area contributed by atoms with Gasteiger partial charge < -0.3 is 9.84 Å². The molecule has 1 aliphatic carbocycles. The van der Waals surface area contributed by atoms with E-state index in [4.69, 9.17) is 4.74 Å². The van der Waals surface area contributed by atoms with Crippen LogP contribution in [0.15, 0.2) is 24.3 Å². The van der Waals surface area contributed by atoms with Gasteiger partial charge in [0.15, 0.2) is 11.9 Å². The van der Waals surface area contributed by atoms with Crippen molar-refractivity contribution < 1.29 is 14.6 Å². The van der Waals surface area contributed by atoms with Gasteiger partial charge in [-0.05, 0) is 34.9 Å². The van der Waals surface area contributed by atoms with Gasteiger partial charge in [-0.1, -0.05) is 18.2 Å². The van der Waals surface area contributed by atoms with Gasteiger partial charge in [0.2, 0.25) is 0 Å². The van der Waals surface area contributed by atoms with Crippen molar-refractivity contribution in [2.24, 2.45) is 5.41 Å². The summed E-state index contributed by atoms with van der Waals surface area (Å²) in [7, 11) is 0. The van der Waals surface area contributed by atoms with Crippen LogP contribution in [0.25, 0.3) is 0 Å². The molecule has 4 rings (SSSR count). The maximum atomic E-state index is 11.3. The molecule has 0 bridgehead atoms. The summed E-state index contributed by atoms with van der Waals surface area (Å²) in [5, 5.41) is 21.0. The predicted molar refractivity (Wildman–Crippen MR) is 70.6 cm³/mol. The number of para-hydroxylation sites is 1. The largest absolute Gasteiger partial charge is 0.482 e. The van der Waals surface area contributed by atoms with Crippen LogP contribution < -0.4 is 4.74 Å². The van der Waals surface area contributed by atoms with E-state index in [0.717, 1.165) is 11.3 Å². The Morgan fingerprint density at radius 1 is 1.43 bits per heavy atom. The van der Waals surface area contributed by atoms with Crippen LogP contribution in [0, 0.1) is 5.41 Å². The van der Waals surface area contributed by atoms with Gasteiger partial charge in [0.05, 0.1) is 12.0 Å². The minimum Gasteiger partial charge on any atom is -0.482 e. The number of aromatic nitrogens is 4. The molecule has 2 aliphatic rings. The Balaban J connectivity index is 1.58. The summed E-state index contributed by atoms with van der Waals surface area (Å²) < 4.78 is 7.46. The van der Waals surface area contributed by atoms with Gasteiger partial charge in [0, 0.05) is 6.42 Å². The van der Waals surface area contributed by atoms with E-state index in [2.05, 4.69) is 15.5 Å². The number of carbonyl (C=O) groups is 1. The van der Waals surface area contributed by atoms with Crippen LogP contribution in [-0.4, -0.2) is 31.3 Å². The fourth-order valence-corrected chi connectivity index (χ4v) is 2.76. The zero-order valence-corrected chi connectivity index (χ0v) is 11.3. The molecular formula is C14H14N4O3. The molecule has 21 heavy (non-hydrogen) atoms. The van der Waals surface area contributed by atoms with Crippen molar-refractivity contribution in [1.29, 1.82) is 0 Å². The topological polar surface area (TPSA) is 90.1 Å². The molecule has 1 fully saturated rings. The molecule has 0 spiro atoms. The van der Waals surface area contributed by atoms with E-state index in [1.54, 1.807) is 4.68 Å². The lowest BCUT2D eigenvalue weighted by Gasteiger charge is -2.13. The van der Waals surface area contributed by atoms with Gasteiger partial charge in [-0.2, -0.15) is 0 Å². The van der Waals surface area contributed by atoms with Crippen LogP contribution in [0.4, 0.5) is 0 Å². The van der Waals surface area contributed by atoms with Crippen molar-refractivity contribution in [1.82, 2.24) is 20.2 Å². The average molecular weight is 286 g/mol. The number of carboxylic acids is 1. The summed E-state index contributed by atoms with van der Waals surface area (Å²) in [6, 6.07) is 7.83. The zero-order chi connectivity index (χ0) is 14.4. The highest BCUT2D eigenvalue weighted by Crippen LogP contribution is 2.47. The number of fused-ring (bicyclic) bond motifs is 1. The maximum Gasteiger partial charge on any atom is 0.311 e. The Labute approximate surface area is 120 Å². The van der Waals surface area contributed by atoms with Crippen molar-refractivity contribution in [3.63, 3.8) is 0 Å². The molecule has 1 saturated carbocycles. The Bertz CT molecular complexity index is 683. The molecule has 7 nitrogen and oxygen atoms in total. The second kappa shape index (κ2) is 4.28. The molecule has 0 amide bonds. The molecule has 2 heterocycles. The van der Waals surface area contributed by atoms with Crippen LogP contribution in [0.5, 0.6) is 5.75 Å². The molecule has 1 atom stereocenters. The molecule has 1 N–H and O–H groups in total. The van der Waals surface area contributed by atoms with E-state index in [1.165, 1.54) is 0 Å². The monoisotopic (exact) mass is 286 g/mol. The van der Waals surface area contributed by atoms with Gasteiger partial charge in [-0.3, -0.25) is 4.79 Å². The number of carboxylic acid groups (broad SMARTS) is 1. The SMILES string of the molecule is O=C(O)C1(Cn2nnnc2C2Cc3ccccc3O2)CC1. The number of hydrogen-bond acceptors (Lipinski definition) is 5. The molecule has 0 saturated heterocycles. The molecule has 1 aromatic heterocycles. The van der Waals surface area contributed by atoms with E-state index >= 15 is 0 Å². The van der Waals surface area contributed by atoms with Gasteiger partial charge in [0.1, 0.15) is 5.75 Å². The first-order valence-electron chi connectivity index (χ1n) is 6.92. The first-order chi connectivity index (χ1) is 10.2. The van der Waals surface area contributed by atoms with E-state index in [9.17, 15) is 9.90 Å². The second-order valence-electron chi connectivity index (χ2n) is 5.70. The van der Waals surface area contributed by atoms with Crippen LogP contribution in [0.1, 0.15) is 30.3 Å². The third kappa shape index (κ3) is 1.96. The minimum atomic E-state index is -0.778. The Morgan fingerprint density at radius 2 is 2.24 bits per heavy atom. The fourth-order valence-electron chi connectivity index (χ4n) is 2.76. The van der Waals surface area contributed by atoms with Crippen molar-refractivity contribution in [3.8, 4) is 5.75 Å². The average Bonchev–Trinajstić information content (AvgIpc) is 2.94. The summed E-state index contributed by atoms with van der Waals surface area (Å²) in [6.45, 7) is 0.306. The predicted octanol–water partition coefficient (Wildman–Crippen LogP) is 1.21. The quantitative estimate of drug-likeness (QED) is 0.908. The smallest absolute Gasteiger partial charge is 0.311 e. The molecule has 1 unspecified atom stereocenters. The zero-order valence-electron chi connectivity index (χ0n) is 11.3. The van der Waals surface area contributed by atoms with Crippen molar-refractivity contribution in [2.75, 3.05) is 0 Å². The number of aliphatic carboxylic acids is 1. The van der Waals surface area contributed by atoms with Gasteiger partial charge in [-0.25, -0.2) is 4.68 Å². The van der Waals surface area contributed by atoms with E-state index < -0.39 is 11.4 Å². The summed E-state index contributed by atoms with van der Waals surface area (Å²) in [4.78, 5) is 11.3. The number of nitrogens with zero attached hydrogens (tertiary/aromatic N) is 4. The third-order valence-electron chi connectivity index (χ3n) is 4.25. The summed E-state index contributed by atoms with van der Waals surface area (Å²) in [5.41, 5.74) is 0.423. The Hall–Kier alpha value is -2.44. The van der Waals surface area contributed by atoms with E-state index in [-0.39, 0.29) is 6.10 Å². The molecule has 1 aromatic carbocycles. The lowest BCUT2D eigenvalue weighted by Crippen LogP contribution is -2.25. The van der Waals surface area contributed by atoms with Crippen LogP contribution in [0.2, 0.25) is 0 Å². The Kier molecular flexibility index (Phi) is 2.51. The standard InChI is InChI=1S/C14H14N4O3/c19-13(20)14(5-6-14)8-18-12(15-16-17-18)11-7-9-3-1-2-4-10(9)21-11/h1-4,11H,5-8H2,(H,19,20). The second-order valence-corrected chi connectivity index (χ2v) is 5.70. The highest BCUT2D eigenvalue weighted by atomic mass is 16.5. The van der Waals surface area contributed by atoms with Crippen molar-refractivity contribution >= 4 is 5.97 Å². The summed E-state index contributed by atoms with van der Waals surface area (Å²) in [5.74, 6) is 0.662. The van der Waals surface area contributed by atoms with Crippen LogP contribution in [-0.2, 0) is 17.8 Å². The van der Waals surface area contributed by atoms with Crippen molar-refractivity contribution in [2.45, 2.75) is 31.9 Å². The number of benzene rings is 1. The minimum absolute atomic E-state index is 0.248. The molecule has 2 aromatic rings. The number of ether oxygens (including phenoxy) is 1. The molecule has 1 aliphatic heterocycles. The van der Waals surface area contributed by atoms with Gasteiger partial charge in [0.25, 0.3) is 0 Å². The summed E-state index contributed by atoms with van der Waals surface area (Å²) in [6.07, 6.45) is 1.80. The highest BCUT2D eigenvalue weighted by Gasteiger charge is 2.51. The molecular weight excluding hydrogens is 272 g/mol. The number of tetrazole rings is 1. The normalized spacial score (nSPS) is 21.6. The first-order valence-corrected chi connectivity index (χ1v) is 6.92. The van der Waals surface area contributed by atoms with E-state index in [0.29, 0.717) is 31.6 Å². The number of hydrogen-bond donors (Lipinski definition) is 1. The van der Waals surface area contributed by atoms with Crippen LogP contribution in [0.3, 0.4) is 0 Å². The fraction of sp³-hybridized carbons (Fsp3) is 0.429. The highest BCUT2D eigenvalue weighted by molar-refractivity contribution is 5.77. The lowest BCUT2D eigenvalue weighted by molar-refractivity contribution is -0.144. The number of rotatable bonds is 4. The van der Waals surface area contributed by atoms with Gasteiger partial charge in [-0.15, -0.1) is 5.10 Å². The first kappa shape index (κ1) is 12.3. The van der Waals surface area contributed by atoms with Gasteiger partial charge >= 0.3 is 5.97 Å². The Morgan fingerprint density at radius 3 is 2.95 bits per heavy atom. The molecule has 108 valence electrons. The molecule has 7 heteroatoms.